The van der Waals surface area contributed by atoms with Gasteiger partial charge in [0.1, 0.15) is 5.75 Å². The molecule has 0 aliphatic carbocycles. The molecule has 108 valence electrons. The van der Waals surface area contributed by atoms with E-state index >= 15 is 0 Å². The molecule has 1 N–H and O–H groups in total. The summed E-state index contributed by atoms with van der Waals surface area (Å²) < 4.78 is 7.36. The van der Waals surface area contributed by atoms with Gasteiger partial charge >= 0.3 is 0 Å². The summed E-state index contributed by atoms with van der Waals surface area (Å²) in [5.41, 5.74) is 2.51. The highest BCUT2D eigenvalue weighted by Gasteiger charge is 2.10. The van der Waals surface area contributed by atoms with Crippen LogP contribution in [0.5, 0.6) is 5.75 Å². The number of hydrogen-bond donors (Lipinski definition) is 1. The Kier molecular flexibility index (Phi) is 5.18. The number of aromatic nitrogens is 2. The van der Waals surface area contributed by atoms with Gasteiger partial charge in [-0.25, -0.2) is 4.98 Å². The third-order valence-electron chi connectivity index (χ3n) is 3.60. The van der Waals surface area contributed by atoms with Crippen LogP contribution in [0, 0.1) is 0 Å². The molecule has 0 spiro atoms. The van der Waals surface area contributed by atoms with Crippen molar-refractivity contribution in [3.05, 3.63) is 48.0 Å². The minimum absolute atomic E-state index is 0.348. The second kappa shape index (κ2) is 7.10. The number of aryl methyl sites for hydroxylation is 1. The summed E-state index contributed by atoms with van der Waals surface area (Å²) in [4.78, 5) is 4.20. The fraction of sp³-hybridized carbons (Fsp3) is 0.438. The molecule has 0 amide bonds. The van der Waals surface area contributed by atoms with Crippen molar-refractivity contribution < 1.29 is 4.74 Å². The first-order chi connectivity index (χ1) is 9.78. The third kappa shape index (κ3) is 3.39. The van der Waals surface area contributed by atoms with Crippen LogP contribution < -0.4 is 10.1 Å². The first-order valence-electron chi connectivity index (χ1n) is 7.14. The van der Waals surface area contributed by atoms with E-state index < -0.39 is 0 Å². The van der Waals surface area contributed by atoms with Gasteiger partial charge in [0.05, 0.1) is 19.1 Å². The van der Waals surface area contributed by atoms with Gasteiger partial charge in [-0.15, -0.1) is 0 Å². The van der Waals surface area contributed by atoms with E-state index in [-0.39, 0.29) is 0 Å². The Hall–Kier alpha value is -1.81. The van der Waals surface area contributed by atoms with E-state index in [0.717, 1.165) is 25.3 Å². The lowest BCUT2D eigenvalue weighted by molar-refractivity contribution is 0.414. The highest BCUT2D eigenvalue weighted by Crippen LogP contribution is 2.20. The first kappa shape index (κ1) is 14.6. The molecule has 0 saturated heterocycles. The number of ether oxygens (including phenoxy) is 1. The Morgan fingerprint density at radius 3 is 2.60 bits per heavy atom. The molecule has 0 aliphatic rings. The van der Waals surface area contributed by atoms with Crippen molar-refractivity contribution in [1.82, 2.24) is 14.9 Å². The van der Waals surface area contributed by atoms with Gasteiger partial charge in [-0.1, -0.05) is 19.1 Å². The molecule has 0 bridgehead atoms. The summed E-state index contributed by atoms with van der Waals surface area (Å²) >= 11 is 0. The van der Waals surface area contributed by atoms with Crippen molar-refractivity contribution in [3.63, 3.8) is 0 Å². The molecule has 1 unspecified atom stereocenters. The number of imidazole rings is 1. The second-order valence-corrected chi connectivity index (χ2v) is 4.79. The van der Waals surface area contributed by atoms with Crippen molar-refractivity contribution in [3.8, 4) is 5.75 Å². The fourth-order valence-corrected chi connectivity index (χ4v) is 2.34. The van der Waals surface area contributed by atoms with Crippen molar-refractivity contribution in [1.29, 1.82) is 0 Å². The van der Waals surface area contributed by atoms with Gasteiger partial charge in [0.25, 0.3) is 0 Å². The topological polar surface area (TPSA) is 39.1 Å². The molecular weight excluding hydrogens is 250 g/mol. The number of benzene rings is 1. The highest BCUT2D eigenvalue weighted by atomic mass is 16.5. The van der Waals surface area contributed by atoms with Gasteiger partial charge in [-0.3, -0.25) is 0 Å². The lowest BCUT2D eigenvalue weighted by Gasteiger charge is -2.18. The molecule has 1 atom stereocenters. The fourth-order valence-electron chi connectivity index (χ4n) is 2.34. The van der Waals surface area contributed by atoms with Gasteiger partial charge in [0, 0.05) is 25.3 Å². The van der Waals surface area contributed by atoms with Crippen LogP contribution in [0.15, 0.2) is 36.8 Å². The van der Waals surface area contributed by atoms with E-state index in [1.807, 2.05) is 24.7 Å². The molecule has 0 radical (unpaired) electrons. The summed E-state index contributed by atoms with van der Waals surface area (Å²) in [7, 11) is 1.69. The standard InChI is InChI=1S/C16H23N3O/c1-4-16(13-6-8-15(20-3)9-7-13)18-11-14-10-17-12-19(14)5-2/h6-10,12,16,18H,4-5,11H2,1-3H3. The Balaban J connectivity index is 2.01. The average molecular weight is 273 g/mol. The maximum atomic E-state index is 5.20. The van der Waals surface area contributed by atoms with Gasteiger partial charge in [0.2, 0.25) is 0 Å². The normalized spacial score (nSPS) is 12.3. The minimum Gasteiger partial charge on any atom is -0.497 e. The van der Waals surface area contributed by atoms with E-state index in [0.29, 0.717) is 6.04 Å². The van der Waals surface area contributed by atoms with Crippen molar-refractivity contribution in [2.45, 2.75) is 39.4 Å². The van der Waals surface area contributed by atoms with Crippen LogP contribution >= 0.6 is 0 Å². The van der Waals surface area contributed by atoms with Crippen molar-refractivity contribution in [2.24, 2.45) is 0 Å². The number of nitrogens with one attached hydrogen (secondary N) is 1. The molecule has 0 saturated carbocycles. The third-order valence-corrected chi connectivity index (χ3v) is 3.60. The zero-order chi connectivity index (χ0) is 14.4. The van der Waals surface area contributed by atoms with Crippen LogP contribution in [0.2, 0.25) is 0 Å². The summed E-state index contributed by atoms with van der Waals surface area (Å²) in [6, 6.07) is 8.61. The number of rotatable bonds is 7. The molecule has 0 aliphatic heterocycles. The summed E-state index contributed by atoms with van der Waals surface area (Å²) in [5, 5.41) is 3.60. The molecular formula is C16H23N3O. The number of hydrogen-bond acceptors (Lipinski definition) is 3. The monoisotopic (exact) mass is 273 g/mol. The average Bonchev–Trinajstić information content (AvgIpc) is 2.96. The van der Waals surface area contributed by atoms with Gasteiger partial charge < -0.3 is 14.6 Å². The maximum absolute atomic E-state index is 5.20. The maximum Gasteiger partial charge on any atom is 0.118 e. The summed E-state index contributed by atoms with van der Waals surface area (Å²) in [5.74, 6) is 0.896. The number of nitrogens with zero attached hydrogens (tertiary/aromatic N) is 2. The summed E-state index contributed by atoms with van der Waals surface area (Å²) in [6.45, 7) is 6.11. The van der Waals surface area contributed by atoms with E-state index in [1.165, 1.54) is 11.3 Å². The lowest BCUT2D eigenvalue weighted by Crippen LogP contribution is -2.21. The van der Waals surface area contributed by atoms with Crippen LogP contribution in [0.25, 0.3) is 0 Å². The molecule has 4 nitrogen and oxygen atoms in total. The van der Waals surface area contributed by atoms with E-state index in [4.69, 9.17) is 4.74 Å². The van der Waals surface area contributed by atoms with Gasteiger partial charge in [0.15, 0.2) is 0 Å². The zero-order valence-electron chi connectivity index (χ0n) is 12.5. The molecule has 1 aromatic carbocycles. The molecule has 20 heavy (non-hydrogen) atoms. The number of methoxy groups -OCH3 is 1. The second-order valence-electron chi connectivity index (χ2n) is 4.79. The molecule has 0 fully saturated rings. The molecule has 1 aromatic heterocycles. The van der Waals surface area contributed by atoms with Crippen LogP contribution in [-0.4, -0.2) is 16.7 Å². The first-order valence-corrected chi connectivity index (χ1v) is 7.14. The lowest BCUT2D eigenvalue weighted by atomic mass is 10.0. The van der Waals surface area contributed by atoms with Crippen molar-refractivity contribution >= 4 is 0 Å². The van der Waals surface area contributed by atoms with E-state index in [1.54, 1.807) is 7.11 Å². The predicted molar refractivity (Wildman–Crippen MR) is 80.8 cm³/mol. The van der Waals surface area contributed by atoms with E-state index in [2.05, 4.69) is 40.8 Å². The van der Waals surface area contributed by atoms with Crippen LogP contribution in [-0.2, 0) is 13.1 Å². The largest absolute Gasteiger partial charge is 0.497 e. The van der Waals surface area contributed by atoms with Crippen molar-refractivity contribution in [2.75, 3.05) is 7.11 Å². The summed E-state index contributed by atoms with van der Waals surface area (Å²) in [6.07, 6.45) is 4.86. The molecule has 1 heterocycles. The highest BCUT2D eigenvalue weighted by molar-refractivity contribution is 5.29. The van der Waals surface area contributed by atoms with Crippen LogP contribution in [0.1, 0.15) is 37.6 Å². The van der Waals surface area contributed by atoms with Gasteiger partial charge in [-0.05, 0) is 31.0 Å². The van der Waals surface area contributed by atoms with E-state index in [9.17, 15) is 0 Å². The Bertz CT molecular complexity index is 519. The Labute approximate surface area is 120 Å². The van der Waals surface area contributed by atoms with Crippen LogP contribution in [0.3, 0.4) is 0 Å². The predicted octanol–water partition coefficient (Wildman–Crippen LogP) is 3.15. The molecule has 4 heteroatoms. The van der Waals surface area contributed by atoms with Crippen LogP contribution in [0.4, 0.5) is 0 Å². The SMILES string of the molecule is CCC(NCc1cncn1CC)c1ccc(OC)cc1. The van der Waals surface area contributed by atoms with Gasteiger partial charge in [-0.2, -0.15) is 0 Å². The quantitative estimate of drug-likeness (QED) is 0.842. The Morgan fingerprint density at radius 2 is 2.00 bits per heavy atom. The molecule has 2 rings (SSSR count). The Morgan fingerprint density at radius 1 is 1.25 bits per heavy atom. The zero-order valence-corrected chi connectivity index (χ0v) is 12.5. The molecule has 2 aromatic rings. The minimum atomic E-state index is 0.348. The smallest absolute Gasteiger partial charge is 0.118 e.